The van der Waals surface area contributed by atoms with Gasteiger partial charge in [0.05, 0.1) is 19.3 Å². The summed E-state index contributed by atoms with van der Waals surface area (Å²) in [5.41, 5.74) is 1.16. The van der Waals surface area contributed by atoms with E-state index < -0.39 is 6.10 Å². The van der Waals surface area contributed by atoms with E-state index in [4.69, 9.17) is 4.74 Å². The summed E-state index contributed by atoms with van der Waals surface area (Å²) in [6, 6.07) is 10.1. The molecule has 1 aliphatic carbocycles. The highest BCUT2D eigenvalue weighted by molar-refractivity contribution is 5.79. The molecule has 3 N–H and O–H groups in total. The minimum absolute atomic E-state index is 0.377. The van der Waals surface area contributed by atoms with E-state index in [2.05, 4.69) is 15.6 Å². The van der Waals surface area contributed by atoms with E-state index in [-0.39, 0.29) is 0 Å². The highest BCUT2D eigenvalue weighted by Gasteiger charge is 2.21. The number of ether oxygens (including phenoxy) is 1. The fourth-order valence-corrected chi connectivity index (χ4v) is 2.02. The number of nitrogens with zero attached hydrogens (tertiary/aromatic N) is 1. The van der Waals surface area contributed by atoms with Crippen molar-refractivity contribution in [2.75, 3.05) is 26.3 Å². The van der Waals surface area contributed by atoms with E-state index >= 15 is 0 Å². The van der Waals surface area contributed by atoms with Crippen LogP contribution in [-0.2, 0) is 11.3 Å². The summed E-state index contributed by atoms with van der Waals surface area (Å²) in [6.07, 6.45) is 2.02. The Labute approximate surface area is 132 Å². The van der Waals surface area contributed by atoms with Crippen molar-refractivity contribution in [1.29, 1.82) is 0 Å². The van der Waals surface area contributed by atoms with Crippen molar-refractivity contribution in [3.05, 3.63) is 35.9 Å². The Morgan fingerprint density at radius 2 is 2.09 bits per heavy atom. The third-order valence-electron chi connectivity index (χ3n) is 3.47. The molecule has 0 heterocycles. The lowest BCUT2D eigenvalue weighted by molar-refractivity contribution is 0.0345. The first-order valence-electron chi connectivity index (χ1n) is 8.10. The van der Waals surface area contributed by atoms with Crippen molar-refractivity contribution in [2.24, 2.45) is 10.9 Å². The minimum atomic E-state index is -0.515. The molecule has 0 aromatic heterocycles. The van der Waals surface area contributed by atoms with Crippen LogP contribution in [0.3, 0.4) is 0 Å². The van der Waals surface area contributed by atoms with Gasteiger partial charge in [-0.15, -0.1) is 0 Å². The maximum Gasteiger partial charge on any atom is 0.191 e. The predicted octanol–water partition coefficient (Wildman–Crippen LogP) is 1.53. The molecule has 1 atom stereocenters. The highest BCUT2D eigenvalue weighted by atomic mass is 16.5. The molecule has 0 bridgehead atoms. The Bertz CT molecular complexity index is 446. The summed E-state index contributed by atoms with van der Waals surface area (Å²) in [4.78, 5) is 4.52. The van der Waals surface area contributed by atoms with Crippen LogP contribution < -0.4 is 10.6 Å². The average molecular weight is 305 g/mol. The lowest BCUT2D eigenvalue weighted by Crippen LogP contribution is -2.42. The molecule has 0 radical (unpaired) electrons. The van der Waals surface area contributed by atoms with Crippen molar-refractivity contribution in [3.63, 3.8) is 0 Å². The van der Waals surface area contributed by atoms with Crippen LogP contribution in [-0.4, -0.2) is 43.5 Å². The molecular formula is C17H27N3O2. The first-order valence-corrected chi connectivity index (χ1v) is 8.10. The molecule has 5 heteroatoms. The molecule has 5 nitrogen and oxygen atoms in total. The molecule has 1 unspecified atom stereocenters. The number of aliphatic imine (C=N–C) groups is 1. The molecule has 122 valence electrons. The molecule has 1 saturated carbocycles. The van der Waals surface area contributed by atoms with Crippen LogP contribution in [0.15, 0.2) is 35.3 Å². The SMILES string of the molecule is CCNC(=NCc1ccccc1)NCC(O)COCC1CC1. The molecule has 2 rings (SSSR count). The Morgan fingerprint density at radius 1 is 1.32 bits per heavy atom. The molecule has 1 fully saturated rings. The highest BCUT2D eigenvalue weighted by Crippen LogP contribution is 2.28. The zero-order valence-electron chi connectivity index (χ0n) is 13.3. The summed E-state index contributed by atoms with van der Waals surface area (Å²) in [5.74, 6) is 1.44. The Hall–Kier alpha value is -1.59. The topological polar surface area (TPSA) is 65.9 Å². The molecule has 22 heavy (non-hydrogen) atoms. The van der Waals surface area contributed by atoms with Gasteiger partial charge in [0, 0.05) is 19.7 Å². The van der Waals surface area contributed by atoms with Crippen LogP contribution >= 0.6 is 0 Å². The summed E-state index contributed by atoms with van der Waals surface area (Å²) in [5, 5.41) is 16.2. The van der Waals surface area contributed by atoms with E-state index in [9.17, 15) is 5.11 Å². The zero-order valence-corrected chi connectivity index (χ0v) is 13.3. The number of nitrogens with one attached hydrogen (secondary N) is 2. The maximum atomic E-state index is 9.91. The normalized spacial score (nSPS) is 16.4. The van der Waals surface area contributed by atoms with Crippen LogP contribution in [0.2, 0.25) is 0 Å². The molecule has 1 aliphatic rings. The Kier molecular flexibility index (Phi) is 7.19. The van der Waals surface area contributed by atoms with Gasteiger partial charge in [-0.25, -0.2) is 4.99 Å². The summed E-state index contributed by atoms with van der Waals surface area (Å²) in [6.45, 7) is 5.01. The van der Waals surface area contributed by atoms with Gasteiger partial charge in [0.2, 0.25) is 0 Å². The monoisotopic (exact) mass is 305 g/mol. The standard InChI is InChI=1S/C17H27N3O2/c1-2-18-17(19-10-14-6-4-3-5-7-14)20-11-16(21)13-22-12-15-8-9-15/h3-7,15-16,21H,2,8-13H2,1H3,(H2,18,19,20). The number of rotatable bonds is 9. The van der Waals surface area contributed by atoms with Crippen molar-refractivity contribution in [1.82, 2.24) is 10.6 Å². The molecule has 0 amide bonds. The lowest BCUT2D eigenvalue weighted by atomic mass is 10.2. The second-order valence-corrected chi connectivity index (χ2v) is 5.70. The van der Waals surface area contributed by atoms with Crippen LogP contribution in [0, 0.1) is 5.92 Å². The zero-order chi connectivity index (χ0) is 15.6. The summed E-state index contributed by atoms with van der Waals surface area (Å²) >= 11 is 0. The molecule has 0 saturated heterocycles. The van der Waals surface area contributed by atoms with Crippen molar-refractivity contribution < 1.29 is 9.84 Å². The molecule has 0 aliphatic heterocycles. The number of hydrogen-bond donors (Lipinski definition) is 3. The van der Waals surface area contributed by atoms with Gasteiger partial charge >= 0.3 is 0 Å². The van der Waals surface area contributed by atoms with E-state index in [0.717, 1.165) is 24.6 Å². The van der Waals surface area contributed by atoms with Crippen molar-refractivity contribution in [2.45, 2.75) is 32.4 Å². The largest absolute Gasteiger partial charge is 0.389 e. The molecule has 0 spiro atoms. The second kappa shape index (κ2) is 9.43. The van der Waals surface area contributed by atoms with Crippen LogP contribution in [0.4, 0.5) is 0 Å². The first kappa shape index (κ1) is 16.8. The maximum absolute atomic E-state index is 9.91. The van der Waals surface area contributed by atoms with Crippen LogP contribution in [0.1, 0.15) is 25.3 Å². The number of benzene rings is 1. The van der Waals surface area contributed by atoms with Crippen LogP contribution in [0.25, 0.3) is 0 Å². The van der Waals surface area contributed by atoms with E-state index in [0.29, 0.717) is 25.7 Å². The van der Waals surface area contributed by atoms with Crippen LogP contribution in [0.5, 0.6) is 0 Å². The Morgan fingerprint density at radius 3 is 2.77 bits per heavy atom. The summed E-state index contributed by atoms with van der Waals surface area (Å²) in [7, 11) is 0. The van der Waals surface area contributed by atoms with Gasteiger partial charge in [-0.1, -0.05) is 30.3 Å². The minimum Gasteiger partial charge on any atom is -0.389 e. The van der Waals surface area contributed by atoms with Gasteiger partial charge in [0.15, 0.2) is 5.96 Å². The van der Waals surface area contributed by atoms with Crippen molar-refractivity contribution in [3.8, 4) is 0 Å². The quantitative estimate of drug-likeness (QED) is 0.478. The molecular weight excluding hydrogens is 278 g/mol. The fourth-order valence-electron chi connectivity index (χ4n) is 2.02. The molecule has 1 aromatic rings. The number of aliphatic hydroxyl groups excluding tert-OH is 1. The number of guanidine groups is 1. The third kappa shape index (κ3) is 6.91. The second-order valence-electron chi connectivity index (χ2n) is 5.70. The lowest BCUT2D eigenvalue weighted by Gasteiger charge is -2.15. The molecule has 1 aromatic carbocycles. The Balaban J connectivity index is 1.70. The van der Waals surface area contributed by atoms with E-state index in [1.54, 1.807) is 0 Å². The van der Waals surface area contributed by atoms with E-state index in [1.165, 1.54) is 12.8 Å². The first-order chi connectivity index (χ1) is 10.8. The smallest absolute Gasteiger partial charge is 0.191 e. The van der Waals surface area contributed by atoms with Gasteiger partial charge in [0.25, 0.3) is 0 Å². The summed E-state index contributed by atoms with van der Waals surface area (Å²) < 4.78 is 5.49. The number of hydrogen-bond acceptors (Lipinski definition) is 3. The van der Waals surface area contributed by atoms with Gasteiger partial charge in [-0.2, -0.15) is 0 Å². The fraction of sp³-hybridized carbons (Fsp3) is 0.588. The van der Waals surface area contributed by atoms with Gasteiger partial charge < -0.3 is 20.5 Å². The van der Waals surface area contributed by atoms with Crippen molar-refractivity contribution >= 4 is 5.96 Å². The van der Waals surface area contributed by atoms with Gasteiger partial charge in [0.1, 0.15) is 0 Å². The average Bonchev–Trinajstić information content (AvgIpc) is 3.35. The van der Waals surface area contributed by atoms with Gasteiger partial charge in [-0.05, 0) is 31.2 Å². The number of aliphatic hydroxyl groups is 1. The predicted molar refractivity (Wildman–Crippen MR) is 88.8 cm³/mol. The van der Waals surface area contributed by atoms with E-state index in [1.807, 2.05) is 37.3 Å². The van der Waals surface area contributed by atoms with Gasteiger partial charge in [-0.3, -0.25) is 0 Å². The third-order valence-corrected chi connectivity index (χ3v) is 3.47.